The van der Waals surface area contributed by atoms with Crippen molar-refractivity contribution < 1.29 is 18.0 Å². The largest absolute Gasteiger partial charge is 0.383 e. The van der Waals surface area contributed by atoms with E-state index < -0.39 is 18.3 Å². The normalized spacial score (nSPS) is 11.1. The Balaban J connectivity index is 1.59. The fraction of sp³-hybridized carbons (Fsp3) is 0.125. The zero-order chi connectivity index (χ0) is 24.4. The molecule has 0 aliphatic carbocycles. The number of halogens is 4. The molecule has 0 atom stereocenters. The molecule has 4 aromatic rings. The van der Waals surface area contributed by atoms with E-state index in [0.717, 1.165) is 5.56 Å². The molecule has 0 aliphatic rings. The standard InChI is InChI=1S/C24H19ClF3N5O/c1-13-20(12-32-33(13)24(27)28)16-8-19(22(29)30-11-16)15-5-6-18(21(26)9-15)23(34)31-10-14-3-2-4-17(25)7-14/h2-9,11-12,24H,10H2,1H3,(H2,29,30)(H,31,34). The number of hydrogen-bond acceptors (Lipinski definition) is 4. The van der Waals surface area contributed by atoms with E-state index >= 15 is 0 Å². The number of nitrogens with two attached hydrogens (primary N) is 1. The Morgan fingerprint density at radius 1 is 1.12 bits per heavy atom. The van der Waals surface area contributed by atoms with Gasteiger partial charge < -0.3 is 11.1 Å². The summed E-state index contributed by atoms with van der Waals surface area (Å²) in [6.07, 6.45) is 2.75. The summed E-state index contributed by atoms with van der Waals surface area (Å²) in [5.41, 5.74) is 8.62. The molecule has 2 heterocycles. The van der Waals surface area contributed by atoms with Crippen LogP contribution in [0.1, 0.15) is 28.2 Å². The molecule has 34 heavy (non-hydrogen) atoms. The molecule has 4 rings (SSSR count). The van der Waals surface area contributed by atoms with E-state index in [0.29, 0.717) is 32.0 Å². The summed E-state index contributed by atoms with van der Waals surface area (Å²) in [5, 5.41) is 6.89. The zero-order valence-electron chi connectivity index (χ0n) is 17.9. The Morgan fingerprint density at radius 2 is 1.91 bits per heavy atom. The average molecular weight is 486 g/mol. The first kappa shape index (κ1) is 23.3. The van der Waals surface area contributed by atoms with E-state index in [1.807, 2.05) is 0 Å². The lowest BCUT2D eigenvalue weighted by Gasteiger charge is -2.11. The molecule has 0 spiro atoms. The molecule has 2 aromatic heterocycles. The van der Waals surface area contributed by atoms with Gasteiger partial charge in [-0.1, -0.05) is 29.8 Å². The van der Waals surface area contributed by atoms with Crippen molar-refractivity contribution in [2.75, 3.05) is 5.73 Å². The summed E-state index contributed by atoms with van der Waals surface area (Å²) < 4.78 is 41.6. The lowest BCUT2D eigenvalue weighted by atomic mass is 10.00. The smallest absolute Gasteiger partial charge is 0.333 e. The van der Waals surface area contributed by atoms with Crippen LogP contribution in [0.15, 0.2) is 60.9 Å². The van der Waals surface area contributed by atoms with Crippen molar-refractivity contribution in [3.8, 4) is 22.3 Å². The van der Waals surface area contributed by atoms with Gasteiger partial charge in [0.25, 0.3) is 5.91 Å². The summed E-state index contributed by atoms with van der Waals surface area (Å²) in [6, 6.07) is 12.7. The fourth-order valence-corrected chi connectivity index (χ4v) is 3.76. The van der Waals surface area contributed by atoms with Gasteiger partial charge in [-0.2, -0.15) is 13.9 Å². The van der Waals surface area contributed by atoms with Crippen molar-refractivity contribution in [2.45, 2.75) is 20.0 Å². The summed E-state index contributed by atoms with van der Waals surface area (Å²) >= 11 is 5.94. The summed E-state index contributed by atoms with van der Waals surface area (Å²) in [7, 11) is 0. The van der Waals surface area contributed by atoms with E-state index in [1.54, 1.807) is 36.4 Å². The second-order valence-electron chi connectivity index (χ2n) is 7.53. The Hall–Kier alpha value is -3.85. The number of nitrogens with zero attached hydrogens (tertiary/aromatic N) is 3. The average Bonchev–Trinajstić information content (AvgIpc) is 3.19. The minimum atomic E-state index is -2.78. The van der Waals surface area contributed by atoms with Crippen LogP contribution in [-0.2, 0) is 6.54 Å². The van der Waals surface area contributed by atoms with Crippen molar-refractivity contribution >= 4 is 23.3 Å². The Kier molecular flexibility index (Phi) is 6.56. The number of benzene rings is 2. The minimum absolute atomic E-state index is 0.125. The second-order valence-corrected chi connectivity index (χ2v) is 7.97. The van der Waals surface area contributed by atoms with Crippen molar-refractivity contribution in [3.05, 3.63) is 88.6 Å². The maximum Gasteiger partial charge on any atom is 0.333 e. The lowest BCUT2D eigenvalue weighted by Crippen LogP contribution is -2.23. The van der Waals surface area contributed by atoms with Gasteiger partial charge in [-0.3, -0.25) is 4.79 Å². The number of nitrogens with one attached hydrogen (secondary N) is 1. The van der Waals surface area contributed by atoms with Crippen LogP contribution < -0.4 is 11.1 Å². The van der Waals surface area contributed by atoms with E-state index in [2.05, 4.69) is 15.4 Å². The highest BCUT2D eigenvalue weighted by atomic mass is 35.5. The molecule has 0 fully saturated rings. The number of anilines is 1. The van der Waals surface area contributed by atoms with Crippen LogP contribution in [0.5, 0.6) is 0 Å². The quantitative estimate of drug-likeness (QED) is 0.371. The first-order valence-electron chi connectivity index (χ1n) is 10.2. The first-order valence-corrected chi connectivity index (χ1v) is 10.5. The van der Waals surface area contributed by atoms with Crippen LogP contribution in [0.25, 0.3) is 22.3 Å². The van der Waals surface area contributed by atoms with Gasteiger partial charge in [0.15, 0.2) is 0 Å². The predicted molar refractivity (Wildman–Crippen MR) is 124 cm³/mol. The number of hydrogen-bond donors (Lipinski definition) is 2. The molecule has 6 nitrogen and oxygen atoms in total. The molecule has 174 valence electrons. The number of nitrogen functional groups attached to an aromatic ring is 1. The summed E-state index contributed by atoms with van der Waals surface area (Å²) in [6.45, 7) is -1.08. The van der Waals surface area contributed by atoms with Crippen LogP contribution in [0.2, 0.25) is 5.02 Å². The predicted octanol–water partition coefficient (Wildman–Crippen LogP) is 5.62. The molecule has 10 heteroatoms. The molecule has 0 radical (unpaired) electrons. The third-order valence-corrected chi connectivity index (χ3v) is 5.56. The van der Waals surface area contributed by atoms with Crippen LogP contribution in [-0.4, -0.2) is 20.7 Å². The molecule has 3 N–H and O–H groups in total. The van der Waals surface area contributed by atoms with Crippen molar-refractivity contribution in [2.24, 2.45) is 0 Å². The van der Waals surface area contributed by atoms with Gasteiger partial charge >= 0.3 is 6.55 Å². The molecule has 0 saturated carbocycles. The van der Waals surface area contributed by atoms with Crippen LogP contribution in [0.4, 0.5) is 19.0 Å². The number of amides is 1. The molecule has 0 saturated heterocycles. The summed E-state index contributed by atoms with van der Waals surface area (Å²) in [5.74, 6) is -1.20. The summed E-state index contributed by atoms with van der Waals surface area (Å²) in [4.78, 5) is 16.6. The Labute approximate surface area is 198 Å². The number of carbonyl (C=O) groups is 1. The van der Waals surface area contributed by atoms with Gasteiger partial charge in [0, 0.05) is 40.1 Å². The lowest BCUT2D eigenvalue weighted by molar-refractivity contribution is 0.0545. The maximum absolute atomic E-state index is 14.8. The van der Waals surface area contributed by atoms with Crippen molar-refractivity contribution in [1.82, 2.24) is 20.1 Å². The molecule has 0 bridgehead atoms. The topological polar surface area (TPSA) is 85.8 Å². The number of rotatable bonds is 6. The molecule has 1 amide bonds. The van der Waals surface area contributed by atoms with E-state index in [9.17, 15) is 18.0 Å². The van der Waals surface area contributed by atoms with Crippen molar-refractivity contribution in [3.63, 3.8) is 0 Å². The number of aromatic nitrogens is 3. The van der Waals surface area contributed by atoms with Crippen molar-refractivity contribution in [1.29, 1.82) is 0 Å². The van der Waals surface area contributed by atoms with Crippen LogP contribution in [0.3, 0.4) is 0 Å². The van der Waals surface area contributed by atoms with Gasteiger partial charge in [0.1, 0.15) is 11.6 Å². The number of pyridine rings is 1. The van der Waals surface area contributed by atoms with E-state index in [-0.39, 0.29) is 23.6 Å². The Bertz CT molecular complexity index is 1370. The van der Waals surface area contributed by atoms with Crippen LogP contribution >= 0.6 is 11.6 Å². The highest BCUT2D eigenvalue weighted by molar-refractivity contribution is 6.30. The van der Waals surface area contributed by atoms with Gasteiger partial charge in [0.2, 0.25) is 0 Å². The van der Waals surface area contributed by atoms with E-state index in [4.69, 9.17) is 17.3 Å². The highest BCUT2D eigenvalue weighted by Gasteiger charge is 2.18. The van der Waals surface area contributed by atoms with Crippen LogP contribution in [0, 0.1) is 12.7 Å². The fourth-order valence-electron chi connectivity index (χ4n) is 3.55. The van der Waals surface area contributed by atoms with Gasteiger partial charge in [0.05, 0.1) is 11.8 Å². The third-order valence-electron chi connectivity index (χ3n) is 5.33. The molecule has 0 unspecified atom stereocenters. The molecular formula is C24H19ClF3N5O. The first-order chi connectivity index (χ1) is 16.2. The zero-order valence-corrected chi connectivity index (χ0v) is 18.7. The minimum Gasteiger partial charge on any atom is -0.383 e. The Morgan fingerprint density at radius 3 is 2.59 bits per heavy atom. The maximum atomic E-state index is 14.8. The highest BCUT2D eigenvalue weighted by Crippen LogP contribution is 2.32. The molecule has 2 aromatic carbocycles. The SMILES string of the molecule is Cc1c(-c2cnc(N)c(-c3ccc(C(=O)NCc4cccc(Cl)c4)c(F)c3)c2)cnn1C(F)F. The number of carbonyl (C=O) groups excluding carboxylic acids is 1. The van der Waals surface area contributed by atoms with Gasteiger partial charge in [-0.05, 0) is 48.4 Å². The molecular weight excluding hydrogens is 467 g/mol. The second kappa shape index (κ2) is 9.56. The molecule has 0 aliphatic heterocycles. The van der Waals surface area contributed by atoms with Gasteiger partial charge in [-0.25, -0.2) is 14.1 Å². The third kappa shape index (κ3) is 4.74. The van der Waals surface area contributed by atoms with Gasteiger partial charge in [-0.15, -0.1) is 0 Å². The van der Waals surface area contributed by atoms with E-state index in [1.165, 1.54) is 31.5 Å². The number of alkyl halides is 2. The monoisotopic (exact) mass is 485 g/mol.